The van der Waals surface area contributed by atoms with Crippen LogP contribution in [0.25, 0.3) is 0 Å². The molecule has 3 heterocycles. The molecule has 0 amide bonds. The summed E-state index contributed by atoms with van der Waals surface area (Å²) in [6, 6.07) is 14.3. The monoisotopic (exact) mass is 450 g/mol. The Balaban J connectivity index is 1.25. The fourth-order valence-electron chi connectivity index (χ4n) is 4.25. The molecule has 0 saturated carbocycles. The van der Waals surface area contributed by atoms with Gasteiger partial charge in [-0.05, 0) is 43.2 Å². The van der Waals surface area contributed by atoms with E-state index in [9.17, 15) is 4.79 Å². The van der Waals surface area contributed by atoms with Crippen molar-refractivity contribution in [1.82, 2.24) is 15.0 Å². The third-order valence-corrected chi connectivity index (χ3v) is 6.28. The van der Waals surface area contributed by atoms with E-state index < -0.39 is 6.23 Å². The Morgan fingerprint density at radius 2 is 1.88 bits per heavy atom. The highest BCUT2D eigenvalue weighted by atomic mass is 16.6. The first kappa shape index (κ1) is 21.9. The van der Waals surface area contributed by atoms with Crippen molar-refractivity contribution in [3.8, 4) is 5.75 Å². The van der Waals surface area contributed by atoms with Crippen molar-refractivity contribution >= 4 is 12.2 Å². The number of nitrogens with zero attached hydrogens (tertiary/aromatic N) is 4. The standard InChI is InChI=1S/C25H30N4O4/c1-18-3-6-21(7-4-18)25-26-29(24(17-30)33-25)28-10-9-23(28)32-22-8-5-20(15-19(22)2)16-27-11-13-31-14-12-27/h3-8,15,17,23-24H,9-14,16H2,1-2H3. The van der Waals surface area contributed by atoms with Crippen LogP contribution in [0.15, 0.2) is 47.6 Å². The average molecular weight is 451 g/mol. The van der Waals surface area contributed by atoms with Gasteiger partial charge < -0.3 is 14.2 Å². The molecule has 8 nitrogen and oxygen atoms in total. The van der Waals surface area contributed by atoms with Crippen molar-refractivity contribution in [3.05, 3.63) is 64.7 Å². The van der Waals surface area contributed by atoms with Crippen LogP contribution in [0.5, 0.6) is 5.75 Å². The number of aldehydes is 1. The van der Waals surface area contributed by atoms with Gasteiger partial charge in [0.2, 0.25) is 5.90 Å². The van der Waals surface area contributed by atoms with Crippen molar-refractivity contribution in [3.63, 3.8) is 0 Å². The fourth-order valence-corrected chi connectivity index (χ4v) is 4.25. The lowest BCUT2D eigenvalue weighted by Crippen LogP contribution is -2.60. The number of hydrazine groups is 1. The molecule has 3 aliphatic rings. The Morgan fingerprint density at radius 3 is 2.55 bits per heavy atom. The van der Waals surface area contributed by atoms with E-state index in [2.05, 4.69) is 29.1 Å². The maximum absolute atomic E-state index is 11.7. The number of morpholine rings is 1. The molecule has 2 aromatic rings. The van der Waals surface area contributed by atoms with Crippen molar-refractivity contribution < 1.29 is 19.0 Å². The fraction of sp³-hybridized carbons (Fsp3) is 0.440. The van der Waals surface area contributed by atoms with Gasteiger partial charge in [0.25, 0.3) is 6.23 Å². The Kier molecular flexibility index (Phi) is 6.30. The molecule has 0 aliphatic carbocycles. The van der Waals surface area contributed by atoms with Crippen LogP contribution in [0, 0.1) is 13.8 Å². The first-order chi connectivity index (χ1) is 16.1. The third-order valence-electron chi connectivity index (χ3n) is 6.28. The second kappa shape index (κ2) is 9.51. The summed E-state index contributed by atoms with van der Waals surface area (Å²) in [6.45, 7) is 9.30. The zero-order valence-corrected chi connectivity index (χ0v) is 19.1. The van der Waals surface area contributed by atoms with Gasteiger partial charge in [-0.2, -0.15) is 10.1 Å². The largest absolute Gasteiger partial charge is 0.473 e. The first-order valence-electron chi connectivity index (χ1n) is 11.5. The number of hydrogen-bond acceptors (Lipinski definition) is 8. The van der Waals surface area contributed by atoms with E-state index in [4.69, 9.17) is 14.2 Å². The van der Waals surface area contributed by atoms with Crippen LogP contribution in [0.1, 0.15) is 28.7 Å². The van der Waals surface area contributed by atoms with Gasteiger partial charge in [0.15, 0.2) is 12.5 Å². The third kappa shape index (κ3) is 4.73. The van der Waals surface area contributed by atoms with Gasteiger partial charge >= 0.3 is 0 Å². The van der Waals surface area contributed by atoms with E-state index in [0.29, 0.717) is 5.90 Å². The predicted molar refractivity (Wildman–Crippen MR) is 124 cm³/mol. The molecule has 8 heteroatoms. The molecule has 0 spiro atoms. The van der Waals surface area contributed by atoms with Gasteiger partial charge in [0.05, 0.1) is 13.2 Å². The minimum absolute atomic E-state index is 0.194. The molecule has 3 aliphatic heterocycles. The lowest BCUT2D eigenvalue weighted by molar-refractivity contribution is -0.218. The highest BCUT2D eigenvalue weighted by molar-refractivity contribution is 5.95. The van der Waals surface area contributed by atoms with Gasteiger partial charge in [-0.25, -0.2) is 0 Å². The lowest BCUT2D eigenvalue weighted by Gasteiger charge is -2.44. The van der Waals surface area contributed by atoms with Crippen LogP contribution >= 0.6 is 0 Å². The average Bonchev–Trinajstić information content (AvgIpc) is 3.22. The molecule has 0 radical (unpaired) electrons. The normalized spacial score (nSPS) is 23.6. The summed E-state index contributed by atoms with van der Waals surface area (Å²) in [5.41, 5.74) is 4.37. The van der Waals surface area contributed by atoms with Gasteiger partial charge in [0, 0.05) is 38.2 Å². The van der Waals surface area contributed by atoms with Gasteiger partial charge in [-0.15, -0.1) is 5.10 Å². The van der Waals surface area contributed by atoms with Crippen LogP contribution < -0.4 is 4.74 Å². The smallest absolute Gasteiger partial charge is 0.260 e. The van der Waals surface area contributed by atoms with Gasteiger partial charge in [0.1, 0.15) is 5.75 Å². The summed E-state index contributed by atoms with van der Waals surface area (Å²) in [6.07, 6.45) is 0.642. The number of ether oxygens (including phenoxy) is 3. The molecule has 0 aromatic heterocycles. The van der Waals surface area contributed by atoms with Crippen molar-refractivity contribution in [2.24, 2.45) is 5.10 Å². The molecule has 2 unspecified atom stereocenters. The molecular weight excluding hydrogens is 420 g/mol. The van der Waals surface area contributed by atoms with Crippen LogP contribution in [-0.2, 0) is 20.8 Å². The highest BCUT2D eigenvalue weighted by Gasteiger charge is 2.42. The van der Waals surface area contributed by atoms with Crippen LogP contribution in [0.4, 0.5) is 0 Å². The zero-order valence-electron chi connectivity index (χ0n) is 19.1. The number of hydrogen-bond donors (Lipinski definition) is 0. The minimum Gasteiger partial charge on any atom is -0.473 e. The summed E-state index contributed by atoms with van der Waals surface area (Å²) >= 11 is 0. The Hall–Kier alpha value is -2.94. The van der Waals surface area contributed by atoms with E-state index >= 15 is 0 Å². The molecule has 5 rings (SSSR count). The summed E-state index contributed by atoms with van der Waals surface area (Å²) in [5, 5.41) is 8.14. The molecule has 0 N–H and O–H groups in total. The number of carbonyl (C=O) groups excluding carboxylic acids is 1. The van der Waals surface area contributed by atoms with E-state index in [0.717, 1.165) is 74.5 Å². The van der Waals surface area contributed by atoms with Crippen LogP contribution in [0.3, 0.4) is 0 Å². The second-order valence-electron chi connectivity index (χ2n) is 8.75. The quantitative estimate of drug-likeness (QED) is 0.601. The van der Waals surface area contributed by atoms with Crippen molar-refractivity contribution in [2.45, 2.75) is 39.3 Å². The zero-order chi connectivity index (χ0) is 22.8. The van der Waals surface area contributed by atoms with Gasteiger partial charge in [-0.3, -0.25) is 9.69 Å². The maximum atomic E-state index is 11.7. The molecular formula is C25H30N4O4. The summed E-state index contributed by atoms with van der Waals surface area (Å²) < 4.78 is 17.6. The summed E-state index contributed by atoms with van der Waals surface area (Å²) in [7, 11) is 0. The molecule has 0 bridgehead atoms. The Morgan fingerprint density at radius 1 is 1.09 bits per heavy atom. The SMILES string of the molecule is Cc1ccc(C2=NN(N3CCC3Oc3ccc(CN4CCOCC4)cc3C)C(C=O)O2)cc1. The minimum atomic E-state index is -0.787. The predicted octanol–water partition coefficient (Wildman–Crippen LogP) is 2.68. The summed E-state index contributed by atoms with van der Waals surface area (Å²) in [5.74, 6) is 1.29. The molecule has 2 aromatic carbocycles. The Labute approximate surface area is 194 Å². The number of rotatable bonds is 7. The summed E-state index contributed by atoms with van der Waals surface area (Å²) in [4.78, 5) is 14.1. The maximum Gasteiger partial charge on any atom is 0.260 e. The molecule has 2 fully saturated rings. The molecule has 2 saturated heterocycles. The van der Waals surface area contributed by atoms with Crippen LogP contribution in [-0.4, -0.2) is 72.5 Å². The first-order valence-corrected chi connectivity index (χ1v) is 11.5. The highest BCUT2D eigenvalue weighted by Crippen LogP contribution is 2.30. The number of carbonyl (C=O) groups is 1. The number of benzene rings is 2. The van der Waals surface area contributed by atoms with E-state index in [-0.39, 0.29) is 6.23 Å². The van der Waals surface area contributed by atoms with E-state index in [1.807, 2.05) is 42.3 Å². The molecule has 174 valence electrons. The Bertz CT molecular complexity index is 1020. The van der Waals surface area contributed by atoms with Gasteiger partial charge in [-0.1, -0.05) is 29.8 Å². The van der Waals surface area contributed by atoms with Crippen molar-refractivity contribution in [2.75, 3.05) is 32.8 Å². The molecule has 2 atom stereocenters. The number of aryl methyl sites for hydroxylation is 2. The second-order valence-corrected chi connectivity index (χ2v) is 8.75. The topological polar surface area (TPSA) is 66.8 Å². The number of hydrazone groups is 1. The van der Waals surface area contributed by atoms with Crippen LogP contribution in [0.2, 0.25) is 0 Å². The molecule has 33 heavy (non-hydrogen) atoms. The van der Waals surface area contributed by atoms with E-state index in [1.165, 1.54) is 5.56 Å². The van der Waals surface area contributed by atoms with E-state index in [1.54, 1.807) is 5.12 Å². The van der Waals surface area contributed by atoms with Crippen molar-refractivity contribution in [1.29, 1.82) is 0 Å². The lowest BCUT2D eigenvalue weighted by atomic mass is 10.1.